The van der Waals surface area contributed by atoms with Gasteiger partial charge in [-0.2, -0.15) is 0 Å². The van der Waals surface area contributed by atoms with Crippen molar-refractivity contribution in [3.8, 4) is 5.75 Å². The van der Waals surface area contributed by atoms with Crippen LogP contribution in [0.2, 0.25) is 0 Å². The third-order valence-electron chi connectivity index (χ3n) is 6.54. The van der Waals surface area contributed by atoms with E-state index in [1.54, 1.807) is 9.80 Å². The number of hydrogen-bond acceptors (Lipinski definition) is 5. The van der Waals surface area contributed by atoms with Crippen LogP contribution in [0.1, 0.15) is 31.7 Å². The predicted octanol–water partition coefficient (Wildman–Crippen LogP) is 4.42. The molecular weight excluding hydrogens is 440 g/mol. The first-order chi connectivity index (χ1) is 16.4. The van der Waals surface area contributed by atoms with E-state index in [0.717, 1.165) is 48.9 Å². The molecule has 8 heteroatoms. The molecule has 0 radical (unpaired) electrons. The van der Waals surface area contributed by atoms with E-state index in [-0.39, 0.29) is 23.7 Å². The number of anilines is 1. The van der Waals surface area contributed by atoms with Gasteiger partial charge in [-0.25, -0.2) is 8.78 Å². The number of carbonyl (C=O) groups is 1. The number of ether oxygens (including phenoxy) is 1. The highest BCUT2D eigenvalue weighted by Crippen LogP contribution is 2.26. The van der Waals surface area contributed by atoms with Gasteiger partial charge in [-0.15, -0.1) is 0 Å². The van der Waals surface area contributed by atoms with Crippen molar-refractivity contribution in [3.63, 3.8) is 0 Å². The first-order valence-electron chi connectivity index (χ1n) is 11.8. The number of piperazine rings is 1. The molecule has 2 aromatic carbocycles. The minimum Gasteiger partial charge on any atom is -0.513 e. The number of nitrogens with zero attached hydrogens (tertiary/aromatic N) is 3. The Kier molecular flexibility index (Phi) is 7.67. The highest BCUT2D eigenvalue weighted by molar-refractivity contribution is 5.96. The number of aliphatic hydroxyl groups is 1. The Morgan fingerprint density at radius 2 is 1.85 bits per heavy atom. The Morgan fingerprint density at radius 3 is 2.47 bits per heavy atom. The maximum Gasteiger partial charge on any atom is 0.246 e. The molecule has 2 aliphatic heterocycles. The molecule has 34 heavy (non-hydrogen) atoms. The third-order valence-corrected chi connectivity index (χ3v) is 6.54. The van der Waals surface area contributed by atoms with Crippen LogP contribution in [0, 0.1) is 11.6 Å². The molecule has 2 aliphatic rings. The molecule has 0 aliphatic carbocycles. The van der Waals surface area contributed by atoms with Crippen molar-refractivity contribution in [2.75, 3.05) is 44.2 Å². The zero-order valence-electron chi connectivity index (χ0n) is 19.4. The number of aliphatic hydroxyl groups excluding tert-OH is 1. The van der Waals surface area contributed by atoms with Crippen molar-refractivity contribution in [1.29, 1.82) is 0 Å². The van der Waals surface area contributed by atoms with Gasteiger partial charge in [-0.05, 0) is 69.1 Å². The van der Waals surface area contributed by atoms with Crippen LogP contribution in [0.5, 0.6) is 5.75 Å². The van der Waals surface area contributed by atoms with E-state index in [9.17, 15) is 18.7 Å². The summed E-state index contributed by atoms with van der Waals surface area (Å²) in [4.78, 5) is 18.6. The normalized spacial score (nSPS) is 19.7. The highest BCUT2D eigenvalue weighted by atomic mass is 19.1. The zero-order valence-corrected chi connectivity index (χ0v) is 19.4. The number of amides is 1. The summed E-state index contributed by atoms with van der Waals surface area (Å²) in [5.41, 5.74) is 1.15. The fourth-order valence-electron chi connectivity index (χ4n) is 4.70. The van der Waals surface area contributed by atoms with Crippen LogP contribution in [0.25, 0.3) is 5.70 Å². The van der Waals surface area contributed by atoms with Gasteiger partial charge in [0.1, 0.15) is 23.6 Å². The van der Waals surface area contributed by atoms with Crippen LogP contribution < -0.4 is 9.64 Å². The van der Waals surface area contributed by atoms with Crippen molar-refractivity contribution >= 4 is 17.3 Å². The lowest BCUT2D eigenvalue weighted by Gasteiger charge is -2.36. The Bertz CT molecular complexity index is 1010. The fourth-order valence-corrected chi connectivity index (χ4v) is 4.70. The monoisotopic (exact) mass is 471 g/mol. The first-order valence-corrected chi connectivity index (χ1v) is 11.8. The second-order valence-electron chi connectivity index (χ2n) is 8.86. The van der Waals surface area contributed by atoms with Gasteiger partial charge in [0.25, 0.3) is 0 Å². The summed E-state index contributed by atoms with van der Waals surface area (Å²) in [5.74, 6) is -0.890. The summed E-state index contributed by atoms with van der Waals surface area (Å²) < 4.78 is 33.1. The minimum atomic E-state index is -0.743. The van der Waals surface area contributed by atoms with E-state index in [4.69, 9.17) is 4.74 Å². The molecule has 2 heterocycles. The molecule has 1 amide bonds. The van der Waals surface area contributed by atoms with Crippen LogP contribution in [-0.2, 0) is 4.79 Å². The minimum absolute atomic E-state index is 0.0162. The molecule has 2 aromatic rings. The number of halogens is 2. The zero-order chi connectivity index (χ0) is 24.1. The molecule has 0 aromatic heterocycles. The highest BCUT2D eigenvalue weighted by Gasteiger charge is 2.27. The quantitative estimate of drug-likeness (QED) is 0.456. The SMILES string of the molecule is C[C@H]1CCCN1CCCOc1ccc(N2CCN(/C(=C/O)c3cc(F)cc(F)c3)CC2=O)cc1. The summed E-state index contributed by atoms with van der Waals surface area (Å²) >= 11 is 0. The summed E-state index contributed by atoms with van der Waals surface area (Å²) in [6.45, 7) is 5.91. The molecule has 1 atom stereocenters. The lowest BCUT2D eigenvalue weighted by atomic mass is 10.1. The van der Waals surface area contributed by atoms with E-state index < -0.39 is 11.6 Å². The lowest BCUT2D eigenvalue weighted by molar-refractivity contribution is -0.120. The second-order valence-corrected chi connectivity index (χ2v) is 8.86. The molecule has 1 N–H and O–H groups in total. The van der Waals surface area contributed by atoms with Gasteiger partial charge in [0, 0.05) is 43.0 Å². The largest absolute Gasteiger partial charge is 0.513 e. The smallest absolute Gasteiger partial charge is 0.246 e. The average molecular weight is 472 g/mol. The summed E-state index contributed by atoms with van der Waals surface area (Å²) in [5, 5.41) is 9.69. The van der Waals surface area contributed by atoms with Crippen molar-refractivity contribution in [2.45, 2.75) is 32.2 Å². The molecule has 182 valence electrons. The first kappa shape index (κ1) is 24.0. The van der Waals surface area contributed by atoms with Crippen molar-refractivity contribution in [3.05, 3.63) is 65.9 Å². The molecule has 0 bridgehead atoms. The van der Waals surface area contributed by atoms with E-state index in [1.807, 2.05) is 24.3 Å². The molecule has 0 spiro atoms. The van der Waals surface area contributed by atoms with Gasteiger partial charge in [-0.3, -0.25) is 4.79 Å². The Hall–Kier alpha value is -3.13. The number of carbonyl (C=O) groups excluding carboxylic acids is 1. The molecule has 0 unspecified atom stereocenters. The van der Waals surface area contributed by atoms with E-state index >= 15 is 0 Å². The van der Waals surface area contributed by atoms with Crippen LogP contribution in [-0.4, -0.2) is 66.2 Å². The van der Waals surface area contributed by atoms with Gasteiger partial charge in [0.05, 0.1) is 18.8 Å². The summed E-state index contributed by atoms with van der Waals surface area (Å²) in [6.07, 6.45) is 4.31. The van der Waals surface area contributed by atoms with Crippen molar-refractivity contribution in [2.24, 2.45) is 0 Å². The van der Waals surface area contributed by atoms with E-state index in [1.165, 1.54) is 19.4 Å². The van der Waals surface area contributed by atoms with Crippen LogP contribution in [0.15, 0.2) is 48.7 Å². The topological polar surface area (TPSA) is 56.3 Å². The number of likely N-dealkylation sites (tertiary alicyclic amines) is 1. The number of hydrogen-bond donors (Lipinski definition) is 1. The van der Waals surface area contributed by atoms with Gasteiger partial charge in [0.2, 0.25) is 5.91 Å². The number of rotatable bonds is 8. The molecule has 4 rings (SSSR count). The van der Waals surface area contributed by atoms with E-state index in [2.05, 4.69) is 11.8 Å². The third kappa shape index (κ3) is 5.67. The van der Waals surface area contributed by atoms with Gasteiger partial charge in [-0.1, -0.05) is 0 Å². The molecule has 6 nitrogen and oxygen atoms in total. The van der Waals surface area contributed by atoms with Gasteiger partial charge >= 0.3 is 0 Å². The molecular formula is C26H31F2N3O3. The molecule has 2 saturated heterocycles. The maximum atomic E-state index is 13.6. The predicted molar refractivity (Wildman–Crippen MR) is 128 cm³/mol. The second kappa shape index (κ2) is 10.9. The molecule has 0 saturated carbocycles. The average Bonchev–Trinajstić information content (AvgIpc) is 3.22. The van der Waals surface area contributed by atoms with Crippen molar-refractivity contribution < 1.29 is 23.4 Å². The molecule has 2 fully saturated rings. The fraction of sp³-hybridized carbons (Fsp3) is 0.423. The van der Waals surface area contributed by atoms with Crippen LogP contribution >= 0.6 is 0 Å². The number of benzene rings is 2. The van der Waals surface area contributed by atoms with Crippen LogP contribution in [0.4, 0.5) is 14.5 Å². The van der Waals surface area contributed by atoms with Gasteiger partial charge < -0.3 is 24.5 Å². The Balaban J connectivity index is 1.30. The van der Waals surface area contributed by atoms with E-state index in [0.29, 0.717) is 25.7 Å². The standard InChI is InChI=1S/C26H31F2N3O3/c1-19-4-2-9-29(19)10-3-13-34-24-7-5-23(6-8-24)31-12-11-30(17-26(31)33)25(18-32)20-14-21(27)16-22(28)15-20/h5-8,14-16,18-19,32H,2-4,9-13,17H2,1H3/b25-18+/t19-/m0/s1. The Morgan fingerprint density at radius 1 is 1.12 bits per heavy atom. The van der Waals surface area contributed by atoms with Crippen molar-refractivity contribution in [1.82, 2.24) is 9.80 Å². The Labute approximate surface area is 199 Å². The lowest BCUT2D eigenvalue weighted by Crippen LogP contribution is -2.49. The summed E-state index contributed by atoms with van der Waals surface area (Å²) in [6, 6.07) is 11.1. The van der Waals surface area contributed by atoms with Gasteiger partial charge in [0.15, 0.2) is 0 Å². The summed E-state index contributed by atoms with van der Waals surface area (Å²) in [7, 11) is 0. The van der Waals surface area contributed by atoms with Crippen LogP contribution in [0.3, 0.4) is 0 Å². The maximum absolute atomic E-state index is 13.6.